The highest BCUT2D eigenvalue weighted by Gasteiger charge is 2.22. The number of nitrogens with zero attached hydrogens (tertiary/aromatic N) is 4. The van der Waals surface area contributed by atoms with Crippen molar-refractivity contribution in [1.29, 1.82) is 0 Å². The van der Waals surface area contributed by atoms with Gasteiger partial charge in [0.15, 0.2) is 6.61 Å². The molecular formula is C19H24N4O2. The van der Waals surface area contributed by atoms with Gasteiger partial charge in [0.1, 0.15) is 5.75 Å². The molecule has 0 aliphatic carbocycles. The molecule has 2 heterocycles. The van der Waals surface area contributed by atoms with Crippen LogP contribution in [0.4, 0.5) is 5.95 Å². The maximum atomic E-state index is 12.4. The summed E-state index contributed by atoms with van der Waals surface area (Å²) in [6, 6.07) is 9.74. The van der Waals surface area contributed by atoms with Crippen LogP contribution in [0.2, 0.25) is 0 Å². The fourth-order valence-corrected chi connectivity index (χ4v) is 2.81. The average Bonchev–Trinajstić information content (AvgIpc) is 2.67. The van der Waals surface area contributed by atoms with Gasteiger partial charge in [-0.3, -0.25) is 4.79 Å². The molecule has 25 heavy (non-hydrogen) atoms. The number of piperazine rings is 1. The molecule has 1 aromatic carbocycles. The fraction of sp³-hybridized carbons (Fsp3) is 0.421. The molecule has 1 saturated heterocycles. The van der Waals surface area contributed by atoms with Crippen LogP contribution in [0.1, 0.15) is 25.3 Å². The molecule has 0 bridgehead atoms. The number of benzene rings is 1. The second kappa shape index (κ2) is 7.96. The first-order valence-corrected chi connectivity index (χ1v) is 8.66. The molecule has 1 amide bonds. The molecule has 1 aliphatic heterocycles. The number of hydrogen-bond acceptors (Lipinski definition) is 5. The lowest BCUT2D eigenvalue weighted by molar-refractivity contribution is -0.133. The van der Waals surface area contributed by atoms with Crippen molar-refractivity contribution in [2.75, 3.05) is 37.7 Å². The van der Waals surface area contributed by atoms with E-state index in [1.54, 1.807) is 18.5 Å². The molecule has 1 fully saturated rings. The Morgan fingerprint density at radius 3 is 2.52 bits per heavy atom. The van der Waals surface area contributed by atoms with Gasteiger partial charge in [-0.05, 0) is 29.7 Å². The molecule has 0 unspecified atom stereocenters. The van der Waals surface area contributed by atoms with Crippen LogP contribution in [0.15, 0.2) is 42.7 Å². The minimum atomic E-state index is 0.0172. The molecular weight excluding hydrogens is 316 g/mol. The van der Waals surface area contributed by atoms with Crippen molar-refractivity contribution in [2.45, 2.75) is 19.8 Å². The van der Waals surface area contributed by atoms with E-state index in [1.807, 2.05) is 23.1 Å². The largest absolute Gasteiger partial charge is 0.484 e. The van der Waals surface area contributed by atoms with Crippen molar-refractivity contribution in [1.82, 2.24) is 14.9 Å². The SMILES string of the molecule is CC(C)c1cccc(OCC(=O)N2CCN(c3ncccn3)CC2)c1. The van der Waals surface area contributed by atoms with E-state index in [2.05, 4.69) is 34.8 Å². The zero-order valence-corrected chi connectivity index (χ0v) is 14.8. The maximum absolute atomic E-state index is 12.4. The second-order valence-electron chi connectivity index (χ2n) is 6.43. The molecule has 132 valence electrons. The Bertz CT molecular complexity index is 698. The summed E-state index contributed by atoms with van der Waals surface area (Å²) in [5, 5.41) is 0. The Labute approximate surface area is 148 Å². The number of hydrogen-bond donors (Lipinski definition) is 0. The predicted octanol–water partition coefficient (Wildman–Crippen LogP) is 2.33. The lowest BCUT2D eigenvalue weighted by Gasteiger charge is -2.34. The highest BCUT2D eigenvalue weighted by Crippen LogP contribution is 2.20. The standard InChI is InChI=1S/C19H24N4O2/c1-15(2)16-5-3-6-17(13-16)25-14-18(24)22-9-11-23(12-10-22)19-20-7-4-8-21-19/h3-8,13,15H,9-12,14H2,1-2H3. The van der Waals surface area contributed by atoms with Crippen LogP contribution in [-0.4, -0.2) is 53.6 Å². The van der Waals surface area contributed by atoms with Crippen LogP contribution in [0.5, 0.6) is 5.75 Å². The van der Waals surface area contributed by atoms with Gasteiger partial charge in [-0.15, -0.1) is 0 Å². The van der Waals surface area contributed by atoms with Crippen molar-refractivity contribution in [3.63, 3.8) is 0 Å². The molecule has 1 aliphatic rings. The Balaban J connectivity index is 1.49. The van der Waals surface area contributed by atoms with E-state index < -0.39 is 0 Å². The molecule has 3 rings (SSSR count). The molecule has 0 radical (unpaired) electrons. The quantitative estimate of drug-likeness (QED) is 0.836. The van der Waals surface area contributed by atoms with E-state index in [4.69, 9.17) is 4.74 Å². The third-order valence-corrected chi connectivity index (χ3v) is 4.35. The highest BCUT2D eigenvalue weighted by molar-refractivity contribution is 5.78. The third-order valence-electron chi connectivity index (χ3n) is 4.35. The number of aromatic nitrogens is 2. The van der Waals surface area contributed by atoms with Gasteiger partial charge >= 0.3 is 0 Å². The minimum Gasteiger partial charge on any atom is -0.484 e. The van der Waals surface area contributed by atoms with E-state index in [0.29, 0.717) is 19.0 Å². The van der Waals surface area contributed by atoms with Crippen LogP contribution < -0.4 is 9.64 Å². The van der Waals surface area contributed by atoms with Crippen LogP contribution in [-0.2, 0) is 4.79 Å². The molecule has 0 N–H and O–H groups in total. The van der Waals surface area contributed by atoms with Gasteiger partial charge < -0.3 is 14.5 Å². The van der Waals surface area contributed by atoms with E-state index in [0.717, 1.165) is 24.8 Å². The molecule has 2 aromatic rings. The number of rotatable bonds is 5. The summed E-state index contributed by atoms with van der Waals surface area (Å²) in [6.07, 6.45) is 3.47. The zero-order valence-electron chi connectivity index (χ0n) is 14.8. The summed E-state index contributed by atoms with van der Waals surface area (Å²) in [5.41, 5.74) is 1.21. The molecule has 0 spiro atoms. The molecule has 1 aromatic heterocycles. The van der Waals surface area contributed by atoms with E-state index in [-0.39, 0.29) is 12.5 Å². The van der Waals surface area contributed by atoms with E-state index in [9.17, 15) is 4.79 Å². The lowest BCUT2D eigenvalue weighted by Crippen LogP contribution is -2.50. The van der Waals surface area contributed by atoms with Gasteiger partial charge in [0.2, 0.25) is 5.95 Å². The monoisotopic (exact) mass is 340 g/mol. The first-order chi connectivity index (χ1) is 12.1. The van der Waals surface area contributed by atoms with Gasteiger partial charge in [0.05, 0.1) is 0 Å². The lowest BCUT2D eigenvalue weighted by atomic mass is 10.0. The Morgan fingerprint density at radius 2 is 1.84 bits per heavy atom. The van der Waals surface area contributed by atoms with Crippen LogP contribution in [0.25, 0.3) is 0 Å². The summed E-state index contributed by atoms with van der Waals surface area (Å²) in [6.45, 7) is 7.14. The van der Waals surface area contributed by atoms with Gasteiger partial charge in [0.25, 0.3) is 5.91 Å². The summed E-state index contributed by atoms with van der Waals surface area (Å²) in [5.74, 6) is 1.92. The Morgan fingerprint density at radius 1 is 1.12 bits per heavy atom. The Hall–Kier alpha value is -2.63. The maximum Gasteiger partial charge on any atom is 0.260 e. The minimum absolute atomic E-state index is 0.0172. The summed E-state index contributed by atoms with van der Waals surface area (Å²) < 4.78 is 5.69. The average molecular weight is 340 g/mol. The van der Waals surface area contributed by atoms with Crippen molar-refractivity contribution in [3.05, 3.63) is 48.3 Å². The van der Waals surface area contributed by atoms with Crippen molar-refractivity contribution in [2.24, 2.45) is 0 Å². The van der Waals surface area contributed by atoms with Crippen LogP contribution >= 0.6 is 0 Å². The highest BCUT2D eigenvalue weighted by atomic mass is 16.5. The number of amides is 1. The third kappa shape index (κ3) is 4.47. The van der Waals surface area contributed by atoms with Crippen molar-refractivity contribution >= 4 is 11.9 Å². The Kier molecular flexibility index (Phi) is 5.48. The van der Waals surface area contributed by atoms with Gasteiger partial charge in [0, 0.05) is 38.6 Å². The van der Waals surface area contributed by atoms with Gasteiger partial charge in [-0.2, -0.15) is 0 Å². The number of ether oxygens (including phenoxy) is 1. The number of anilines is 1. The first kappa shape index (κ1) is 17.2. The van der Waals surface area contributed by atoms with Crippen LogP contribution in [0.3, 0.4) is 0 Å². The first-order valence-electron chi connectivity index (χ1n) is 8.66. The van der Waals surface area contributed by atoms with E-state index in [1.165, 1.54) is 5.56 Å². The molecule has 0 saturated carbocycles. The second-order valence-corrected chi connectivity index (χ2v) is 6.43. The smallest absolute Gasteiger partial charge is 0.260 e. The van der Waals surface area contributed by atoms with Crippen molar-refractivity contribution < 1.29 is 9.53 Å². The summed E-state index contributed by atoms with van der Waals surface area (Å²) in [7, 11) is 0. The van der Waals surface area contributed by atoms with Gasteiger partial charge in [-0.1, -0.05) is 26.0 Å². The number of carbonyl (C=O) groups is 1. The summed E-state index contributed by atoms with van der Waals surface area (Å²) in [4.78, 5) is 24.8. The molecule has 6 nitrogen and oxygen atoms in total. The molecule has 6 heteroatoms. The van der Waals surface area contributed by atoms with Crippen molar-refractivity contribution in [3.8, 4) is 5.75 Å². The normalized spacial score (nSPS) is 14.7. The fourth-order valence-electron chi connectivity index (χ4n) is 2.81. The topological polar surface area (TPSA) is 58.6 Å². The van der Waals surface area contributed by atoms with Gasteiger partial charge in [-0.25, -0.2) is 9.97 Å². The number of carbonyl (C=O) groups excluding carboxylic acids is 1. The summed E-state index contributed by atoms with van der Waals surface area (Å²) >= 11 is 0. The zero-order chi connectivity index (χ0) is 17.6. The molecule has 0 atom stereocenters. The predicted molar refractivity (Wildman–Crippen MR) is 96.9 cm³/mol. The van der Waals surface area contributed by atoms with E-state index >= 15 is 0 Å². The van der Waals surface area contributed by atoms with Crippen LogP contribution in [0, 0.1) is 0 Å².